The van der Waals surface area contributed by atoms with Crippen LogP contribution in [0.25, 0.3) is 0 Å². The normalized spacial score (nSPS) is 19.2. The fourth-order valence-electron chi connectivity index (χ4n) is 2.99. The highest BCUT2D eigenvalue weighted by Gasteiger charge is 2.38. The van der Waals surface area contributed by atoms with Crippen molar-refractivity contribution in [2.75, 3.05) is 7.11 Å². The molecule has 0 bridgehead atoms. The average Bonchev–Trinajstić information content (AvgIpc) is 2.58. The van der Waals surface area contributed by atoms with Gasteiger partial charge in [-0.25, -0.2) is 4.79 Å². The summed E-state index contributed by atoms with van der Waals surface area (Å²) in [6.45, 7) is 0. The van der Waals surface area contributed by atoms with E-state index in [1.54, 1.807) is 0 Å². The molecule has 0 spiro atoms. The second kappa shape index (κ2) is 7.67. The van der Waals surface area contributed by atoms with Gasteiger partial charge < -0.3 is 10.1 Å². The van der Waals surface area contributed by atoms with Crippen LogP contribution in [0.2, 0.25) is 0 Å². The van der Waals surface area contributed by atoms with Gasteiger partial charge in [-0.3, -0.25) is 9.59 Å². The molecule has 0 unspecified atom stereocenters. The number of nitrogens with one attached hydrogen (secondary N) is 1. The molecule has 0 aromatic heterocycles. The van der Waals surface area contributed by atoms with Gasteiger partial charge in [0.05, 0.1) is 18.2 Å². The number of amides is 1. The van der Waals surface area contributed by atoms with Gasteiger partial charge in [-0.2, -0.15) is 13.2 Å². The molecule has 5 nitrogen and oxygen atoms in total. The molecule has 8 heteroatoms. The minimum Gasteiger partial charge on any atom is -0.467 e. The zero-order chi connectivity index (χ0) is 18.6. The monoisotopic (exact) mass is 357 g/mol. The van der Waals surface area contributed by atoms with E-state index in [4.69, 9.17) is 0 Å². The molecule has 2 rings (SSSR count). The molecule has 25 heavy (non-hydrogen) atoms. The first-order chi connectivity index (χ1) is 11.7. The minimum absolute atomic E-state index is 0.0462. The third kappa shape index (κ3) is 4.58. The van der Waals surface area contributed by atoms with Crippen LogP contribution in [0, 0.1) is 5.92 Å². The third-order valence-electron chi connectivity index (χ3n) is 4.21. The van der Waals surface area contributed by atoms with E-state index < -0.39 is 41.1 Å². The van der Waals surface area contributed by atoms with Gasteiger partial charge >= 0.3 is 12.1 Å². The lowest BCUT2D eigenvalue weighted by Crippen LogP contribution is -2.48. The lowest BCUT2D eigenvalue weighted by Gasteiger charge is -2.28. The molecule has 1 aliphatic carbocycles. The topological polar surface area (TPSA) is 72.5 Å². The van der Waals surface area contributed by atoms with Crippen LogP contribution in [0.1, 0.15) is 41.6 Å². The number of Topliss-reactive ketones (excluding diaryl/α,β-unsaturated/α-hetero) is 1. The SMILES string of the molecule is COC(=O)[C@H](NC(=O)c1ccccc1C(F)(F)F)[C@H]1CCCC(=O)C1. The number of benzene rings is 1. The number of hydrogen-bond acceptors (Lipinski definition) is 4. The van der Waals surface area contributed by atoms with Gasteiger partial charge in [0.1, 0.15) is 11.8 Å². The van der Waals surface area contributed by atoms with E-state index in [0.717, 1.165) is 19.2 Å². The highest BCUT2D eigenvalue weighted by molar-refractivity contribution is 5.98. The van der Waals surface area contributed by atoms with Crippen molar-refractivity contribution in [3.05, 3.63) is 35.4 Å². The molecule has 2 atom stereocenters. The maximum Gasteiger partial charge on any atom is 0.417 e. The molecule has 1 aromatic rings. The molecular weight excluding hydrogens is 339 g/mol. The molecule has 1 aliphatic rings. The van der Waals surface area contributed by atoms with Crippen LogP contribution in [0.15, 0.2) is 24.3 Å². The van der Waals surface area contributed by atoms with Crippen LogP contribution in [-0.4, -0.2) is 30.8 Å². The number of ketones is 1. The number of hydrogen-bond donors (Lipinski definition) is 1. The van der Waals surface area contributed by atoms with Crippen molar-refractivity contribution < 1.29 is 32.3 Å². The van der Waals surface area contributed by atoms with Crippen molar-refractivity contribution in [1.29, 1.82) is 0 Å². The largest absolute Gasteiger partial charge is 0.467 e. The Labute approximate surface area is 142 Å². The highest BCUT2D eigenvalue weighted by atomic mass is 19.4. The Morgan fingerprint density at radius 1 is 1.28 bits per heavy atom. The van der Waals surface area contributed by atoms with E-state index in [1.807, 2.05) is 0 Å². The van der Waals surface area contributed by atoms with Gasteiger partial charge in [-0.15, -0.1) is 0 Å². The molecule has 0 radical (unpaired) electrons. The van der Waals surface area contributed by atoms with Crippen LogP contribution in [0.3, 0.4) is 0 Å². The van der Waals surface area contributed by atoms with Crippen LogP contribution in [-0.2, 0) is 20.5 Å². The fraction of sp³-hybridized carbons (Fsp3) is 0.471. The van der Waals surface area contributed by atoms with Crippen molar-refractivity contribution in [2.24, 2.45) is 5.92 Å². The maximum atomic E-state index is 13.1. The van der Waals surface area contributed by atoms with Crippen molar-refractivity contribution in [2.45, 2.75) is 37.9 Å². The molecule has 1 saturated carbocycles. The van der Waals surface area contributed by atoms with E-state index in [0.29, 0.717) is 19.3 Å². The number of esters is 1. The third-order valence-corrected chi connectivity index (χ3v) is 4.21. The quantitative estimate of drug-likeness (QED) is 0.841. The van der Waals surface area contributed by atoms with E-state index in [9.17, 15) is 27.6 Å². The summed E-state index contributed by atoms with van der Waals surface area (Å²) in [7, 11) is 1.12. The number of carbonyl (C=O) groups is 3. The Bertz CT molecular complexity index is 672. The van der Waals surface area contributed by atoms with Gasteiger partial charge in [0.15, 0.2) is 0 Å². The van der Waals surface area contributed by atoms with E-state index in [-0.39, 0.29) is 12.2 Å². The zero-order valence-electron chi connectivity index (χ0n) is 13.6. The van der Waals surface area contributed by atoms with E-state index in [1.165, 1.54) is 12.1 Å². The Kier molecular flexibility index (Phi) is 5.81. The van der Waals surface area contributed by atoms with Crippen molar-refractivity contribution in [1.82, 2.24) is 5.32 Å². The summed E-state index contributed by atoms with van der Waals surface area (Å²) in [6.07, 6.45) is -3.15. The molecule has 1 N–H and O–H groups in total. The van der Waals surface area contributed by atoms with Crippen LogP contribution in [0.4, 0.5) is 13.2 Å². The first-order valence-electron chi connectivity index (χ1n) is 7.80. The maximum absolute atomic E-state index is 13.1. The summed E-state index contributed by atoms with van der Waals surface area (Å²) in [5, 5.41) is 2.32. The number of alkyl halides is 3. The molecule has 1 amide bonds. The molecule has 0 heterocycles. The Balaban J connectivity index is 2.26. The Morgan fingerprint density at radius 3 is 2.56 bits per heavy atom. The van der Waals surface area contributed by atoms with Crippen molar-refractivity contribution in [3.63, 3.8) is 0 Å². The summed E-state index contributed by atoms with van der Waals surface area (Å²) in [6, 6.07) is 3.16. The van der Waals surface area contributed by atoms with Crippen LogP contribution in [0.5, 0.6) is 0 Å². The van der Waals surface area contributed by atoms with Crippen molar-refractivity contribution >= 4 is 17.7 Å². The lowest BCUT2D eigenvalue weighted by molar-refractivity contribution is -0.145. The fourth-order valence-corrected chi connectivity index (χ4v) is 2.99. The summed E-state index contributed by atoms with van der Waals surface area (Å²) in [5.74, 6) is -2.34. The molecule has 136 valence electrons. The second-order valence-corrected chi connectivity index (χ2v) is 5.91. The minimum atomic E-state index is -4.70. The summed E-state index contributed by atoms with van der Waals surface area (Å²) in [4.78, 5) is 36.0. The first-order valence-corrected chi connectivity index (χ1v) is 7.80. The van der Waals surface area contributed by atoms with Crippen LogP contribution >= 0.6 is 0 Å². The number of methoxy groups -OCH3 is 1. The van der Waals surface area contributed by atoms with Crippen molar-refractivity contribution in [3.8, 4) is 0 Å². The second-order valence-electron chi connectivity index (χ2n) is 5.91. The van der Waals surface area contributed by atoms with Gasteiger partial charge in [0, 0.05) is 12.8 Å². The smallest absolute Gasteiger partial charge is 0.417 e. The predicted molar refractivity (Wildman–Crippen MR) is 81.7 cm³/mol. The first kappa shape index (κ1) is 19.0. The Morgan fingerprint density at radius 2 is 1.96 bits per heavy atom. The Hall–Kier alpha value is -2.38. The summed E-state index contributed by atoms with van der Waals surface area (Å²) < 4.78 is 43.8. The standard InChI is InChI=1S/C17H18F3NO4/c1-25-16(24)14(10-5-4-6-11(22)9-10)21-15(23)12-7-2-3-8-13(12)17(18,19)20/h2-3,7-8,10,14H,4-6,9H2,1H3,(H,21,23)/t10-,14+/m0/s1. The van der Waals surface area contributed by atoms with Gasteiger partial charge in [-0.05, 0) is 30.9 Å². The summed E-state index contributed by atoms with van der Waals surface area (Å²) in [5.41, 5.74) is -1.66. The predicted octanol–water partition coefficient (Wildman–Crippen LogP) is 2.74. The highest BCUT2D eigenvalue weighted by Crippen LogP contribution is 2.32. The summed E-state index contributed by atoms with van der Waals surface area (Å²) >= 11 is 0. The van der Waals surface area contributed by atoms with Crippen LogP contribution < -0.4 is 5.32 Å². The zero-order valence-corrected chi connectivity index (χ0v) is 13.6. The number of halogens is 3. The molecular formula is C17H18F3NO4. The molecule has 0 saturated heterocycles. The van der Waals surface area contributed by atoms with Gasteiger partial charge in [0.25, 0.3) is 5.91 Å². The number of ether oxygens (including phenoxy) is 1. The van der Waals surface area contributed by atoms with E-state index >= 15 is 0 Å². The van der Waals surface area contributed by atoms with Gasteiger partial charge in [0.2, 0.25) is 0 Å². The molecule has 1 fully saturated rings. The number of carbonyl (C=O) groups excluding carboxylic acids is 3. The molecule has 0 aliphatic heterocycles. The lowest BCUT2D eigenvalue weighted by atomic mass is 9.83. The average molecular weight is 357 g/mol. The molecule has 1 aromatic carbocycles. The number of rotatable bonds is 4. The van der Waals surface area contributed by atoms with E-state index in [2.05, 4.69) is 10.1 Å². The van der Waals surface area contributed by atoms with Gasteiger partial charge in [-0.1, -0.05) is 12.1 Å².